The average molecular weight is 301 g/mol. The summed E-state index contributed by atoms with van der Waals surface area (Å²) in [7, 11) is 0. The molecule has 1 aliphatic rings. The fourth-order valence-corrected chi connectivity index (χ4v) is 2.62. The third-order valence-electron chi connectivity index (χ3n) is 3.72. The predicted octanol–water partition coefficient (Wildman–Crippen LogP) is 3.16. The van der Waals surface area contributed by atoms with Crippen LogP contribution in [0.5, 0.6) is 0 Å². The molecular formula is C18H15N5. The number of nitrogens with one attached hydrogen (secondary N) is 1. The molecule has 3 heterocycles. The van der Waals surface area contributed by atoms with Gasteiger partial charge in [-0.05, 0) is 23.3 Å². The third kappa shape index (κ3) is 2.94. The van der Waals surface area contributed by atoms with Crippen LogP contribution in [0.25, 0.3) is 11.6 Å². The number of imidazole rings is 1. The summed E-state index contributed by atoms with van der Waals surface area (Å²) in [6.45, 7) is 0. The maximum Gasteiger partial charge on any atom is 0.195 e. The van der Waals surface area contributed by atoms with Gasteiger partial charge in [-0.25, -0.2) is 15.0 Å². The number of aromatic nitrogens is 4. The molecule has 0 atom stereocenters. The lowest BCUT2D eigenvalue weighted by atomic mass is 10.0. The van der Waals surface area contributed by atoms with Gasteiger partial charge in [-0.1, -0.05) is 24.3 Å². The van der Waals surface area contributed by atoms with Gasteiger partial charge >= 0.3 is 0 Å². The van der Waals surface area contributed by atoms with Crippen molar-refractivity contribution in [1.29, 1.82) is 0 Å². The van der Waals surface area contributed by atoms with Gasteiger partial charge in [0.15, 0.2) is 11.6 Å². The topological polar surface area (TPSA) is 66.8 Å². The standard InChI is InChI=1S/C18H15N5/c1-3-13(11-14(4-1)16-5-2-7-19-16)12-15-6-8-20-18(23-15)17-21-9-10-22-17/h1-4,6-11H,5,12H2,(H,21,22). The van der Waals surface area contributed by atoms with Crippen molar-refractivity contribution in [2.75, 3.05) is 0 Å². The van der Waals surface area contributed by atoms with Crippen LogP contribution in [-0.2, 0) is 6.42 Å². The van der Waals surface area contributed by atoms with Crippen LogP contribution in [0.3, 0.4) is 0 Å². The number of rotatable bonds is 4. The third-order valence-corrected chi connectivity index (χ3v) is 3.72. The Bertz CT molecular complexity index is 878. The van der Waals surface area contributed by atoms with Crippen molar-refractivity contribution < 1.29 is 0 Å². The van der Waals surface area contributed by atoms with E-state index in [1.165, 1.54) is 11.1 Å². The fourth-order valence-electron chi connectivity index (χ4n) is 2.62. The Morgan fingerprint density at radius 3 is 2.91 bits per heavy atom. The second kappa shape index (κ2) is 5.96. The van der Waals surface area contributed by atoms with Crippen LogP contribution in [0.2, 0.25) is 0 Å². The van der Waals surface area contributed by atoms with Gasteiger partial charge < -0.3 is 4.98 Å². The molecule has 23 heavy (non-hydrogen) atoms. The summed E-state index contributed by atoms with van der Waals surface area (Å²) in [5.74, 6) is 1.31. The zero-order chi connectivity index (χ0) is 15.5. The van der Waals surface area contributed by atoms with Gasteiger partial charge in [-0.2, -0.15) is 0 Å². The maximum atomic E-state index is 4.59. The minimum atomic E-state index is 0.619. The van der Waals surface area contributed by atoms with Crippen molar-refractivity contribution in [3.05, 3.63) is 78.0 Å². The monoisotopic (exact) mass is 301 g/mol. The number of aliphatic imine (C=N–C) groups is 1. The smallest absolute Gasteiger partial charge is 0.195 e. The molecule has 1 aromatic carbocycles. The lowest BCUT2D eigenvalue weighted by Crippen LogP contribution is -2.00. The highest BCUT2D eigenvalue weighted by Gasteiger charge is 2.08. The van der Waals surface area contributed by atoms with Gasteiger partial charge in [-0.15, -0.1) is 0 Å². The van der Waals surface area contributed by atoms with Crippen LogP contribution in [0.4, 0.5) is 0 Å². The van der Waals surface area contributed by atoms with Gasteiger partial charge in [-0.3, -0.25) is 4.99 Å². The molecular weight excluding hydrogens is 286 g/mol. The summed E-state index contributed by atoms with van der Waals surface area (Å²) in [6, 6.07) is 10.4. The van der Waals surface area contributed by atoms with Crippen molar-refractivity contribution in [3.63, 3.8) is 0 Å². The zero-order valence-corrected chi connectivity index (χ0v) is 12.5. The van der Waals surface area contributed by atoms with Crippen LogP contribution >= 0.6 is 0 Å². The molecule has 5 heteroatoms. The zero-order valence-electron chi connectivity index (χ0n) is 12.5. The van der Waals surface area contributed by atoms with Crippen molar-refractivity contribution >= 4 is 5.71 Å². The summed E-state index contributed by atoms with van der Waals surface area (Å²) < 4.78 is 0. The van der Waals surface area contributed by atoms with E-state index in [9.17, 15) is 0 Å². The first kappa shape index (κ1) is 13.6. The predicted molar refractivity (Wildman–Crippen MR) is 89.2 cm³/mol. The summed E-state index contributed by atoms with van der Waals surface area (Å²) in [5, 5.41) is 0. The maximum absolute atomic E-state index is 4.59. The molecule has 4 rings (SSSR count). The quantitative estimate of drug-likeness (QED) is 0.805. The molecule has 0 amide bonds. The van der Waals surface area contributed by atoms with Crippen LogP contribution < -0.4 is 0 Å². The van der Waals surface area contributed by atoms with Crippen molar-refractivity contribution in [2.24, 2.45) is 4.99 Å². The lowest BCUT2D eigenvalue weighted by molar-refractivity contribution is 1.02. The molecule has 1 aliphatic heterocycles. The SMILES string of the molecule is C1=CN=C(c2cccc(Cc3ccnc(-c4ncc[nH]4)n3)c2)C1. The van der Waals surface area contributed by atoms with Crippen LogP contribution in [-0.4, -0.2) is 25.6 Å². The minimum Gasteiger partial charge on any atom is -0.342 e. The first-order valence-corrected chi connectivity index (χ1v) is 7.51. The molecule has 0 aliphatic carbocycles. The summed E-state index contributed by atoms with van der Waals surface area (Å²) in [6.07, 6.45) is 10.8. The molecule has 0 radical (unpaired) electrons. The van der Waals surface area contributed by atoms with Gasteiger partial charge in [0.05, 0.1) is 5.71 Å². The Kier molecular flexibility index (Phi) is 3.52. The lowest BCUT2D eigenvalue weighted by Gasteiger charge is -2.06. The highest BCUT2D eigenvalue weighted by Crippen LogP contribution is 2.16. The largest absolute Gasteiger partial charge is 0.342 e. The molecule has 0 spiro atoms. The molecule has 0 bridgehead atoms. The first-order valence-electron chi connectivity index (χ1n) is 7.51. The number of benzene rings is 1. The minimum absolute atomic E-state index is 0.619. The van der Waals surface area contributed by atoms with Crippen molar-refractivity contribution in [3.8, 4) is 11.6 Å². The summed E-state index contributed by atoms with van der Waals surface area (Å²) >= 11 is 0. The van der Waals surface area contributed by atoms with Crippen molar-refractivity contribution in [1.82, 2.24) is 19.9 Å². The molecule has 0 saturated carbocycles. The van der Waals surface area contributed by atoms with E-state index in [1.54, 1.807) is 18.6 Å². The normalized spacial score (nSPS) is 13.3. The molecule has 1 N–H and O–H groups in total. The van der Waals surface area contributed by atoms with Gasteiger partial charge in [0.25, 0.3) is 0 Å². The van der Waals surface area contributed by atoms with E-state index in [2.05, 4.69) is 55.3 Å². The van der Waals surface area contributed by atoms with Crippen molar-refractivity contribution in [2.45, 2.75) is 12.8 Å². The Morgan fingerprint density at radius 2 is 2.09 bits per heavy atom. The van der Waals surface area contributed by atoms with Crippen LogP contribution in [0.1, 0.15) is 23.2 Å². The molecule has 5 nitrogen and oxygen atoms in total. The number of hydrogen-bond donors (Lipinski definition) is 1. The second-order valence-corrected chi connectivity index (χ2v) is 5.35. The van der Waals surface area contributed by atoms with Gasteiger partial charge in [0.1, 0.15) is 0 Å². The van der Waals surface area contributed by atoms with Crippen LogP contribution in [0, 0.1) is 0 Å². The van der Waals surface area contributed by atoms with E-state index in [4.69, 9.17) is 0 Å². The average Bonchev–Trinajstić information content (AvgIpc) is 3.29. The van der Waals surface area contributed by atoms with E-state index in [1.807, 2.05) is 12.3 Å². The van der Waals surface area contributed by atoms with E-state index in [0.717, 1.165) is 24.2 Å². The highest BCUT2D eigenvalue weighted by molar-refractivity contribution is 6.03. The Morgan fingerprint density at radius 1 is 1.09 bits per heavy atom. The molecule has 2 aromatic heterocycles. The molecule has 0 fully saturated rings. The number of allylic oxidation sites excluding steroid dienone is 1. The molecule has 112 valence electrons. The van der Waals surface area contributed by atoms with E-state index in [-0.39, 0.29) is 0 Å². The highest BCUT2D eigenvalue weighted by atomic mass is 15.0. The van der Waals surface area contributed by atoms with Crippen LogP contribution in [0.15, 0.2) is 66.2 Å². The van der Waals surface area contributed by atoms with Gasteiger partial charge in [0.2, 0.25) is 0 Å². The number of aromatic amines is 1. The van der Waals surface area contributed by atoms with Gasteiger partial charge in [0, 0.05) is 43.3 Å². The summed E-state index contributed by atoms with van der Waals surface area (Å²) in [4.78, 5) is 20.5. The Labute approximate surface area is 133 Å². The fraction of sp³-hybridized carbons (Fsp3) is 0.111. The van der Waals surface area contributed by atoms with E-state index < -0.39 is 0 Å². The number of H-pyrrole nitrogens is 1. The Balaban J connectivity index is 1.59. The Hall–Kier alpha value is -3.08. The van der Waals surface area contributed by atoms with E-state index in [0.29, 0.717) is 11.6 Å². The number of hydrogen-bond acceptors (Lipinski definition) is 4. The first-order chi connectivity index (χ1) is 11.4. The molecule has 0 saturated heterocycles. The molecule has 0 unspecified atom stereocenters. The van der Waals surface area contributed by atoms with E-state index >= 15 is 0 Å². The molecule has 3 aromatic rings. The number of nitrogens with zero attached hydrogens (tertiary/aromatic N) is 4. The summed E-state index contributed by atoms with van der Waals surface area (Å²) in [5.41, 5.74) is 4.47. The second-order valence-electron chi connectivity index (χ2n) is 5.35.